The number of carbonyl (C=O) groups is 1. The number of sulfonamides is 1. The Kier molecular flexibility index (Phi) is 6.55. The summed E-state index contributed by atoms with van der Waals surface area (Å²) in [7, 11) is -3.87. The number of amides is 1. The largest absolute Gasteiger partial charge is 0.433 e. The summed E-state index contributed by atoms with van der Waals surface area (Å²) < 4.78 is 57.6. The number of alkyl halides is 2. The molecule has 31 heavy (non-hydrogen) atoms. The van der Waals surface area contributed by atoms with Gasteiger partial charge in [-0.3, -0.25) is 9.52 Å². The van der Waals surface area contributed by atoms with Crippen LogP contribution < -0.4 is 14.8 Å². The second kappa shape index (κ2) is 9.13. The molecule has 1 amide bonds. The van der Waals surface area contributed by atoms with Crippen molar-refractivity contribution < 1.29 is 26.7 Å². The molecule has 0 saturated heterocycles. The van der Waals surface area contributed by atoms with Crippen LogP contribution >= 0.6 is 0 Å². The summed E-state index contributed by atoms with van der Waals surface area (Å²) in [5, 5.41) is 2.50. The highest BCUT2D eigenvalue weighted by Gasteiger charge is 2.18. The van der Waals surface area contributed by atoms with Crippen LogP contribution in [-0.4, -0.2) is 20.9 Å². The van der Waals surface area contributed by atoms with Crippen LogP contribution in [0.15, 0.2) is 71.6 Å². The van der Waals surface area contributed by atoms with Crippen LogP contribution in [0.5, 0.6) is 5.75 Å². The Bertz CT molecular complexity index is 1210. The molecule has 0 heterocycles. The molecule has 0 aromatic heterocycles. The molecule has 162 valence electrons. The highest BCUT2D eigenvalue weighted by Crippen LogP contribution is 2.27. The van der Waals surface area contributed by atoms with E-state index in [2.05, 4.69) is 14.8 Å². The zero-order chi connectivity index (χ0) is 22.6. The number of halogens is 2. The first kappa shape index (κ1) is 22.2. The summed E-state index contributed by atoms with van der Waals surface area (Å²) in [6, 6.07) is 16.7. The summed E-state index contributed by atoms with van der Waals surface area (Å²) >= 11 is 0. The van der Waals surface area contributed by atoms with Gasteiger partial charge in [0.1, 0.15) is 5.75 Å². The molecule has 9 heteroatoms. The topological polar surface area (TPSA) is 84.5 Å². The van der Waals surface area contributed by atoms with Crippen molar-refractivity contribution in [1.29, 1.82) is 0 Å². The van der Waals surface area contributed by atoms with Gasteiger partial charge in [0.05, 0.1) is 10.6 Å². The zero-order valence-electron chi connectivity index (χ0n) is 16.7. The number of carbonyl (C=O) groups excluding carboxylic acids is 1. The van der Waals surface area contributed by atoms with Gasteiger partial charge >= 0.3 is 6.61 Å². The van der Waals surface area contributed by atoms with Crippen molar-refractivity contribution >= 4 is 27.3 Å². The van der Waals surface area contributed by atoms with E-state index in [-0.39, 0.29) is 27.6 Å². The van der Waals surface area contributed by atoms with Crippen LogP contribution in [0.3, 0.4) is 0 Å². The van der Waals surface area contributed by atoms with E-state index in [0.717, 1.165) is 5.56 Å². The third-order valence-electron chi connectivity index (χ3n) is 4.36. The molecule has 0 saturated carbocycles. The number of benzene rings is 3. The minimum Gasteiger partial charge on any atom is -0.433 e. The zero-order valence-corrected chi connectivity index (χ0v) is 17.5. The summed E-state index contributed by atoms with van der Waals surface area (Å²) in [5.74, 6) is -0.796. The average Bonchev–Trinajstić information content (AvgIpc) is 2.70. The Morgan fingerprint density at radius 2 is 1.71 bits per heavy atom. The SMILES string of the molecule is Cc1ccc(C)c(S(=O)(=O)Nc2cccc(C(=O)Nc3ccccc3OC(F)F)c2)c1. The molecule has 0 aliphatic heterocycles. The van der Waals surface area contributed by atoms with Crippen LogP contribution in [0, 0.1) is 13.8 Å². The number of hydrogen-bond donors (Lipinski definition) is 2. The number of aryl methyl sites for hydroxylation is 2. The maximum Gasteiger partial charge on any atom is 0.387 e. The molecule has 0 bridgehead atoms. The van der Waals surface area contributed by atoms with E-state index >= 15 is 0 Å². The van der Waals surface area contributed by atoms with Gasteiger partial charge in [0.15, 0.2) is 0 Å². The average molecular weight is 446 g/mol. The van der Waals surface area contributed by atoms with Crippen molar-refractivity contribution in [2.24, 2.45) is 0 Å². The number of hydrogen-bond acceptors (Lipinski definition) is 4. The van der Waals surface area contributed by atoms with Crippen LogP contribution in [0.2, 0.25) is 0 Å². The first-order valence-electron chi connectivity index (χ1n) is 9.21. The van der Waals surface area contributed by atoms with Crippen LogP contribution in [0.4, 0.5) is 20.2 Å². The molecule has 2 N–H and O–H groups in total. The van der Waals surface area contributed by atoms with Gasteiger partial charge in [-0.1, -0.05) is 30.3 Å². The lowest BCUT2D eigenvalue weighted by Gasteiger charge is -2.13. The molecule has 0 spiro atoms. The molecule has 0 radical (unpaired) electrons. The van der Waals surface area contributed by atoms with Gasteiger partial charge in [0, 0.05) is 11.3 Å². The van der Waals surface area contributed by atoms with E-state index in [1.165, 1.54) is 42.5 Å². The Morgan fingerprint density at radius 3 is 2.45 bits per heavy atom. The third-order valence-corrected chi connectivity index (χ3v) is 5.88. The molecular weight excluding hydrogens is 426 g/mol. The van der Waals surface area contributed by atoms with Crippen molar-refractivity contribution in [1.82, 2.24) is 0 Å². The number of para-hydroxylation sites is 2. The maximum absolute atomic E-state index is 12.8. The fraction of sp³-hybridized carbons (Fsp3) is 0.136. The van der Waals surface area contributed by atoms with Gasteiger partial charge < -0.3 is 10.1 Å². The second-order valence-electron chi connectivity index (χ2n) is 6.78. The van der Waals surface area contributed by atoms with E-state index in [4.69, 9.17) is 0 Å². The van der Waals surface area contributed by atoms with Crippen molar-refractivity contribution in [2.45, 2.75) is 25.4 Å². The normalized spacial score (nSPS) is 11.3. The molecule has 0 atom stereocenters. The molecule has 3 aromatic rings. The Balaban J connectivity index is 1.82. The minimum atomic E-state index is -3.87. The van der Waals surface area contributed by atoms with Gasteiger partial charge in [-0.25, -0.2) is 8.42 Å². The maximum atomic E-state index is 12.8. The summed E-state index contributed by atoms with van der Waals surface area (Å²) in [6.45, 7) is 0.441. The molecular formula is C22H20F2N2O4S. The minimum absolute atomic E-state index is 0.0640. The third kappa shape index (κ3) is 5.58. The second-order valence-corrected chi connectivity index (χ2v) is 8.43. The molecule has 3 rings (SSSR count). The first-order chi connectivity index (χ1) is 14.7. The molecule has 0 fully saturated rings. The van der Waals surface area contributed by atoms with Gasteiger partial charge in [-0.2, -0.15) is 8.78 Å². The number of anilines is 2. The molecule has 0 aliphatic rings. The Morgan fingerprint density at radius 1 is 0.968 bits per heavy atom. The summed E-state index contributed by atoms with van der Waals surface area (Å²) in [5.41, 5.74) is 1.76. The van der Waals surface area contributed by atoms with Gasteiger partial charge in [-0.05, 0) is 61.4 Å². The van der Waals surface area contributed by atoms with Crippen molar-refractivity contribution in [3.63, 3.8) is 0 Å². The highest BCUT2D eigenvalue weighted by molar-refractivity contribution is 7.92. The van der Waals surface area contributed by atoms with Gasteiger partial charge in [0.2, 0.25) is 0 Å². The molecule has 3 aromatic carbocycles. The summed E-state index contributed by atoms with van der Waals surface area (Å²) in [4.78, 5) is 12.7. The van der Waals surface area contributed by atoms with E-state index in [9.17, 15) is 22.0 Å². The van der Waals surface area contributed by atoms with E-state index in [1.807, 2.05) is 6.07 Å². The smallest absolute Gasteiger partial charge is 0.387 e. The fourth-order valence-electron chi connectivity index (χ4n) is 2.89. The molecule has 0 aliphatic carbocycles. The van der Waals surface area contributed by atoms with E-state index in [1.54, 1.807) is 32.0 Å². The lowest BCUT2D eigenvalue weighted by atomic mass is 10.2. The number of nitrogens with one attached hydrogen (secondary N) is 2. The fourth-order valence-corrected chi connectivity index (χ4v) is 4.27. The monoisotopic (exact) mass is 446 g/mol. The van der Waals surface area contributed by atoms with Crippen LogP contribution in [-0.2, 0) is 10.0 Å². The lowest BCUT2D eigenvalue weighted by molar-refractivity contribution is -0.0493. The molecule has 6 nitrogen and oxygen atoms in total. The number of ether oxygens (including phenoxy) is 1. The Labute approximate surface area is 178 Å². The van der Waals surface area contributed by atoms with Gasteiger partial charge in [0.25, 0.3) is 15.9 Å². The van der Waals surface area contributed by atoms with Crippen molar-refractivity contribution in [3.05, 3.63) is 83.4 Å². The predicted molar refractivity (Wildman–Crippen MR) is 114 cm³/mol. The number of rotatable bonds is 7. The summed E-state index contributed by atoms with van der Waals surface area (Å²) in [6.07, 6.45) is 0. The Hall–Kier alpha value is -3.46. The first-order valence-corrected chi connectivity index (χ1v) is 10.7. The van der Waals surface area contributed by atoms with Crippen LogP contribution in [0.1, 0.15) is 21.5 Å². The predicted octanol–water partition coefficient (Wildman–Crippen LogP) is 4.96. The molecule has 0 unspecified atom stereocenters. The standard InChI is InChI=1S/C22H20F2N2O4S/c1-14-10-11-15(2)20(12-14)31(28,29)26-17-7-5-6-16(13-17)21(27)25-18-8-3-4-9-19(18)30-22(23)24/h3-13,22,26H,1-2H3,(H,25,27). The van der Waals surface area contributed by atoms with Crippen LogP contribution in [0.25, 0.3) is 0 Å². The highest BCUT2D eigenvalue weighted by atomic mass is 32.2. The van der Waals surface area contributed by atoms with E-state index < -0.39 is 22.5 Å². The quantitative estimate of drug-likeness (QED) is 0.537. The lowest BCUT2D eigenvalue weighted by Crippen LogP contribution is -2.16. The van der Waals surface area contributed by atoms with Gasteiger partial charge in [-0.15, -0.1) is 0 Å². The van der Waals surface area contributed by atoms with E-state index in [0.29, 0.717) is 5.56 Å². The van der Waals surface area contributed by atoms with Crippen molar-refractivity contribution in [3.8, 4) is 5.75 Å². The van der Waals surface area contributed by atoms with Crippen molar-refractivity contribution in [2.75, 3.05) is 10.0 Å².